The van der Waals surface area contributed by atoms with E-state index in [1.165, 1.54) is 0 Å². The number of aliphatic hydroxyl groups is 2. The third kappa shape index (κ3) is 5.32. The number of hydrogen-bond acceptors (Lipinski definition) is 3. The van der Waals surface area contributed by atoms with Crippen LogP contribution in [0, 0.1) is 11.8 Å². The second kappa shape index (κ2) is 7.73. The average molecular weight is 303 g/mol. The van der Waals surface area contributed by atoms with Crippen LogP contribution in [0.25, 0.3) is 0 Å². The summed E-state index contributed by atoms with van der Waals surface area (Å²) in [7, 11) is -1.92. The summed E-state index contributed by atoms with van der Waals surface area (Å²) in [4.78, 5) is 0. The molecule has 0 aromatic heterocycles. The van der Waals surface area contributed by atoms with Gasteiger partial charge in [0, 0.05) is 18.4 Å². The van der Waals surface area contributed by atoms with Crippen molar-refractivity contribution in [1.82, 2.24) is 0 Å². The fraction of sp³-hybridized carbons (Fsp3) is 0.875. The van der Waals surface area contributed by atoms with E-state index < -0.39 is 14.4 Å². The Labute approximate surface area is 126 Å². The summed E-state index contributed by atoms with van der Waals surface area (Å²) in [6.07, 6.45) is 2.97. The first kappa shape index (κ1) is 19.8. The van der Waals surface area contributed by atoms with Gasteiger partial charge >= 0.3 is 0 Å². The van der Waals surface area contributed by atoms with Gasteiger partial charge < -0.3 is 14.6 Å². The van der Waals surface area contributed by atoms with Crippen LogP contribution in [-0.4, -0.2) is 37.3 Å². The molecule has 0 aromatic carbocycles. The topological polar surface area (TPSA) is 49.7 Å². The summed E-state index contributed by atoms with van der Waals surface area (Å²) in [5.74, 6) is -0.0264. The third-order valence-corrected chi connectivity index (χ3v) is 9.01. The van der Waals surface area contributed by atoms with Crippen LogP contribution in [0.1, 0.15) is 41.5 Å². The van der Waals surface area contributed by atoms with Crippen molar-refractivity contribution in [2.45, 2.75) is 71.9 Å². The van der Waals surface area contributed by atoms with E-state index in [-0.39, 0.29) is 29.6 Å². The lowest BCUT2D eigenvalue weighted by Gasteiger charge is -2.43. The lowest BCUT2D eigenvalue weighted by Crippen LogP contribution is -2.49. The lowest BCUT2D eigenvalue weighted by molar-refractivity contribution is 0.00378. The number of allylic oxidation sites excluding steroid dienone is 1. The van der Waals surface area contributed by atoms with Gasteiger partial charge in [-0.05, 0) is 25.1 Å². The van der Waals surface area contributed by atoms with Crippen LogP contribution in [-0.2, 0) is 4.43 Å². The Kier molecular flexibility index (Phi) is 7.67. The van der Waals surface area contributed by atoms with Crippen LogP contribution in [0.15, 0.2) is 12.2 Å². The summed E-state index contributed by atoms with van der Waals surface area (Å²) in [5.41, 5.74) is 0. The van der Waals surface area contributed by atoms with Gasteiger partial charge in [0.05, 0.1) is 12.2 Å². The highest BCUT2D eigenvalue weighted by Gasteiger charge is 2.42. The van der Waals surface area contributed by atoms with E-state index in [1.807, 2.05) is 26.8 Å². The molecular formula is C16H34O3Si. The summed E-state index contributed by atoms with van der Waals surface area (Å²) >= 11 is 0. The lowest BCUT2D eigenvalue weighted by atomic mass is 9.89. The van der Waals surface area contributed by atoms with Crippen LogP contribution in [0.5, 0.6) is 0 Å². The largest absolute Gasteiger partial charge is 0.413 e. The molecule has 0 radical (unpaired) electrons. The molecule has 0 unspecified atom stereocenters. The molecule has 4 heteroatoms. The Morgan fingerprint density at radius 1 is 1.20 bits per heavy atom. The average Bonchev–Trinajstić information content (AvgIpc) is 2.33. The van der Waals surface area contributed by atoms with Gasteiger partial charge in [0.1, 0.15) is 0 Å². The Bertz CT molecular complexity index is 307. The molecule has 0 bridgehead atoms. The SMILES string of the molecule is CC=C[C@@H](O)[C@H](C)[C@@H](O[Si](C)(C)C(C)(C)C)[C@@H](C)CO. The van der Waals surface area contributed by atoms with E-state index in [0.29, 0.717) is 0 Å². The molecule has 0 spiro atoms. The molecular weight excluding hydrogens is 268 g/mol. The second-order valence-corrected chi connectivity index (χ2v) is 12.1. The van der Waals surface area contributed by atoms with E-state index in [4.69, 9.17) is 4.43 Å². The summed E-state index contributed by atoms with van der Waals surface area (Å²) in [6, 6.07) is 0. The molecule has 0 aliphatic carbocycles. The van der Waals surface area contributed by atoms with Crippen molar-refractivity contribution >= 4 is 8.32 Å². The summed E-state index contributed by atoms with van der Waals surface area (Å²) in [5, 5.41) is 19.8. The fourth-order valence-corrected chi connectivity index (χ4v) is 3.41. The van der Waals surface area contributed by atoms with Crippen LogP contribution in [0.2, 0.25) is 18.1 Å². The van der Waals surface area contributed by atoms with Crippen molar-refractivity contribution < 1.29 is 14.6 Å². The highest BCUT2D eigenvalue weighted by atomic mass is 28.4. The standard InChI is InChI=1S/C16H34O3Si/c1-9-10-14(18)13(3)15(12(2)11-17)19-20(7,8)16(4,5)6/h9-10,12-15,17-18H,11H2,1-8H3/t12-,13-,14+,15-/m0/s1. The van der Waals surface area contributed by atoms with E-state index in [9.17, 15) is 10.2 Å². The minimum atomic E-state index is -1.92. The smallest absolute Gasteiger partial charge is 0.192 e. The van der Waals surface area contributed by atoms with E-state index in [0.717, 1.165) is 0 Å². The molecule has 3 nitrogen and oxygen atoms in total. The second-order valence-electron chi connectivity index (χ2n) is 7.38. The number of aliphatic hydroxyl groups excluding tert-OH is 2. The van der Waals surface area contributed by atoms with Crippen LogP contribution in [0.3, 0.4) is 0 Å². The predicted molar refractivity (Wildman–Crippen MR) is 88.3 cm³/mol. The third-order valence-electron chi connectivity index (χ3n) is 4.53. The molecule has 4 atom stereocenters. The van der Waals surface area contributed by atoms with Crippen molar-refractivity contribution in [2.24, 2.45) is 11.8 Å². The molecule has 0 aliphatic heterocycles. The summed E-state index contributed by atoms with van der Waals surface area (Å²) < 4.78 is 6.47. The first-order chi connectivity index (χ1) is 8.97. The van der Waals surface area contributed by atoms with Crippen LogP contribution >= 0.6 is 0 Å². The predicted octanol–water partition coefficient (Wildman–Crippen LogP) is 3.58. The Morgan fingerprint density at radius 3 is 2.05 bits per heavy atom. The highest BCUT2D eigenvalue weighted by molar-refractivity contribution is 6.74. The van der Waals surface area contributed by atoms with Crippen molar-refractivity contribution in [3.63, 3.8) is 0 Å². The van der Waals surface area contributed by atoms with Gasteiger partial charge in [-0.2, -0.15) is 0 Å². The van der Waals surface area contributed by atoms with Gasteiger partial charge in [0.2, 0.25) is 0 Å². The van der Waals surface area contributed by atoms with Gasteiger partial charge in [-0.15, -0.1) is 0 Å². The maximum absolute atomic E-state index is 10.2. The zero-order valence-corrected chi connectivity index (χ0v) is 15.5. The van der Waals surface area contributed by atoms with Gasteiger partial charge in [-0.3, -0.25) is 0 Å². The summed E-state index contributed by atoms with van der Waals surface area (Å²) in [6.45, 7) is 17.0. The fourth-order valence-electron chi connectivity index (χ4n) is 1.93. The Morgan fingerprint density at radius 2 is 1.70 bits per heavy atom. The molecule has 2 N–H and O–H groups in total. The van der Waals surface area contributed by atoms with E-state index >= 15 is 0 Å². The quantitative estimate of drug-likeness (QED) is 0.558. The molecule has 0 rings (SSSR count). The number of hydrogen-bond donors (Lipinski definition) is 2. The minimum Gasteiger partial charge on any atom is -0.413 e. The van der Waals surface area contributed by atoms with Gasteiger partial charge in [0.25, 0.3) is 0 Å². The maximum Gasteiger partial charge on any atom is 0.192 e. The molecule has 0 saturated heterocycles. The molecule has 120 valence electrons. The first-order valence-corrected chi connectivity index (χ1v) is 10.5. The normalized spacial score (nSPS) is 19.9. The zero-order chi connectivity index (χ0) is 16.1. The Hall–Kier alpha value is -0.163. The maximum atomic E-state index is 10.2. The van der Waals surface area contributed by atoms with E-state index in [2.05, 4.69) is 33.9 Å². The molecule has 0 saturated carbocycles. The van der Waals surface area contributed by atoms with Gasteiger partial charge in [-0.1, -0.05) is 46.8 Å². The Balaban J connectivity index is 5.18. The van der Waals surface area contributed by atoms with Crippen molar-refractivity contribution in [3.8, 4) is 0 Å². The van der Waals surface area contributed by atoms with Crippen molar-refractivity contribution in [3.05, 3.63) is 12.2 Å². The van der Waals surface area contributed by atoms with Crippen molar-refractivity contribution in [1.29, 1.82) is 0 Å². The molecule has 0 fully saturated rings. The molecule has 20 heavy (non-hydrogen) atoms. The molecule has 0 amide bonds. The molecule has 0 aromatic rings. The first-order valence-electron chi connectivity index (χ1n) is 7.57. The van der Waals surface area contributed by atoms with Crippen molar-refractivity contribution in [2.75, 3.05) is 6.61 Å². The zero-order valence-electron chi connectivity index (χ0n) is 14.5. The molecule has 0 aliphatic rings. The van der Waals surface area contributed by atoms with Gasteiger partial charge in [0.15, 0.2) is 8.32 Å². The van der Waals surface area contributed by atoms with Gasteiger partial charge in [-0.25, -0.2) is 0 Å². The number of rotatable bonds is 7. The van der Waals surface area contributed by atoms with E-state index in [1.54, 1.807) is 6.08 Å². The van der Waals surface area contributed by atoms with Crippen LogP contribution < -0.4 is 0 Å². The minimum absolute atomic E-state index is 0.0130. The van der Waals surface area contributed by atoms with Crippen LogP contribution in [0.4, 0.5) is 0 Å². The highest BCUT2D eigenvalue weighted by Crippen LogP contribution is 2.39. The monoisotopic (exact) mass is 302 g/mol. The molecule has 0 heterocycles.